The number of anilines is 2. The molecule has 0 radical (unpaired) electrons. The third kappa shape index (κ3) is 3.58. The molecule has 0 aliphatic rings. The lowest BCUT2D eigenvalue weighted by Gasteiger charge is -2.16. The van der Waals surface area contributed by atoms with Crippen molar-refractivity contribution in [2.24, 2.45) is 11.8 Å². The molecule has 0 saturated carbocycles. The summed E-state index contributed by atoms with van der Waals surface area (Å²) in [5, 5.41) is 4.56. The predicted molar refractivity (Wildman–Crippen MR) is 87.1 cm³/mol. The molecule has 0 spiro atoms. The van der Waals surface area contributed by atoms with Gasteiger partial charge in [-0.05, 0) is 38.7 Å². The monoisotopic (exact) mass is 293 g/mol. The largest absolute Gasteiger partial charge is 0.367 e. The summed E-state index contributed by atoms with van der Waals surface area (Å²) in [5.41, 5.74) is 2.54. The minimum atomic E-state index is 0.376. The summed E-state index contributed by atoms with van der Waals surface area (Å²) < 4.78 is 0. The molecule has 0 fully saturated rings. The van der Waals surface area contributed by atoms with Crippen LogP contribution in [0.1, 0.15) is 38.5 Å². The van der Waals surface area contributed by atoms with Crippen LogP contribution in [-0.2, 0) is 0 Å². The zero-order chi connectivity index (χ0) is 14.7. The first-order valence-electron chi connectivity index (χ1n) is 7.01. The van der Waals surface area contributed by atoms with Gasteiger partial charge in [0.05, 0.1) is 5.39 Å². The van der Waals surface area contributed by atoms with Gasteiger partial charge in [-0.25, -0.2) is 10.8 Å². The van der Waals surface area contributed by atoms with Gasteiger partial charge in [-0.15, -0.1) is 11.3 Å². The minimum absolute atomic E-state index is 0.376. The van der Waals surface area contributed by atoms with Crippen LogP contribution in [0.15, 0.2) is 6.07 Å². The van der Waals surface area contributed by atoms with Crippen LogP contribution in [0.25, 0.3) is 10.2 Å². The molecule has 0 amide bonds. The molecule has 2 heterocycles. The smallest absolute Gasteiger partial charge is 0.240 e. The molecule has 0 bridgehead atoms. The highest BCUT2D eigenvalue weighted by molar-refractivity contribution is 7.18. The van der Waals surface area contributed by atoms with Crippen LogP contribution in [0, 0.1) is 12.8 Å². The molecule has 110 valence electrons. The SMILES string of the molecule is Cc1cc2c(NC(C)CCC(C)C)nc(NN)nc2s1. The van der Waals surface area contributed by atoms with E-state index in [0.29, 0.717) is 17.9 Å². The Morgan fingerprint density at radius 2 is 2.00 bits per heavy atom. The molecule has 1 atom stereocenters. The maximum Gasteiger partial charge on any atom is 0.240 e. The van der Waals surface area contributed by atoms with Crippen LogP contribution in [0.3, 0.4) is 0 Å². The van der Waals surface area contributed by atoms with E-state index in [-0.39, 0.29) is 0 Å². The number of nitrogen functional groups attached to an aromatic ring is 1. The Morgan fingerprint density at radius 1 is 1.25 bits per heavy atom. The van der Waals surface area contributed by atoms with E-state index in [1.807, 2.05) is 0 Å². The highest BCUT2D eigenvalue weighted by Gasteiger charge is 2.12. The molecule has 0 aliphatic heterocycles. The maximum atomic E-state index is 5.45. The number of nitrogens with two attached hydrogens (primary N) is 1. The summed E-state index contributed by atoms with van der Waals surface area (Å²) >= 11 is 1.65. The molecule has 0 aliphatic carbocycles. The normalized spacial score (nSPS) is 12.9. The first-order chi connectivity index (χ1) is 9.49. The van der Waals surface area contributed by atoms with Gasteiger partial charge >= 0.3 is 0 Å². The maximum absolute atomic E-state index is 5.45. The van der Waals surface area contributed by atoms with Crippen molar-refractivity contribution in [2.75, 3.05) is 10.7 Å². The molecule has 0 aromatic carbocycles. The fraction of sp³-hybridized carbons (Fsp3) is 0.571. The van der Waals surface area contributed by atoms with Crippen LogP contribution < -0.4 is 16.6 Å². The van der Waals surface area contributed by atoms with Crippen molar-refractivity contribution >= 4 is 33.3 Å². The number of hydrogen-bond donors (Lipinski definition) is 3. The van der Waals surface area contributed by atoms with Crippen molar-refractivity contribution in [3.63, 3.8) is 0 Å². The van der Waals surface area contributed by atoms with Gasteiger partial charge in [-0.3, -0.25) is 5.43 Å². The number of aromatic nitrogens is 2. The van der Waals surface area contributed by atoms with Gasteiger partial charge in [0.15, 0.2) is 0 Å². The highest BCUT2D eigenvalue weighted by atomic mass is 32.1. The number of rotatable bonds is 6. The average molecular weight is 293 g/mol. The van der Waals surface area contributed by atoms with Crippen LogP contribution in [0.5, 0.6) is 0 Å². The number of aryl methyl sites for hydroxylation is 1. The van der Waals surface area contributed by atoms with E-state index in [4.69, 9.17) is 5.84 Å². The Bertz CT molecular complexity index is 578. The van der Waals surface area contributed by atoms with Crippen molar-refractivity contribution in [1.82, 2.24) is 9.97 Å². The van der Waals surface area contributed by atoms with E-state index in [2.05, 4.69) is 54.5 Å². The predicted octanol–water partition coefficient (Wildman–Crippen LogP) is 3.52. The van der Waals surface area contributed by atoms with E-state index in [1.54, 1.807) is 11.3 Å². The molecule has 2 rings (SSSR count). The molecule has 2 aromatic rings. The Kier molecular flexibility index (Phi) is 4.77. The number of thiophene rings is 1. The lowest BCUT2D eigenvalue weighted by molar-refractivity contribution is 0.527. The Morgan fingerprint density at radius 3 is 2.65 bits per heavy atom. The first-order valence-corrected chi connectivity index (χ1v) is 7.82. The third-order valence-electron chi connectivity index (χ3n) is 3.21. The van der Waals surface area contributed by atoms with Crippen LogP contribution in [-0.4, -0.2) is 16.0 Å². The van der Waals surface area contributed by atoms with Gasteiger partial charge in [-0.2, -0.15) is 4.98 Å². The van der Waals surface area contributed by atoms with Crippen molar-refractivity contribution in [1.29, 1.82) is 0 Å². The minimum Gasteiger partial charge on any atom is -0.367 e. The summed E-state index contributed by atoms with van der Waals surface area (Å²) in [7, 11) is 0. The van der Waals surface area contributed by atoms with Gasteiger partial charge < -0.3 is 5.32 Å². The van der Waals surface area contributed by atoms with Crippen molar-refractivity contribution < 1.29 is 0 Å². The van der Waals surface area contributed by atoms with Crippen molar-refractivity contribution in [3.8, 4) is 0 Å². The molecule has 2 aromatic heterocycles. The first kappa shape index (κ1) is 15.0. The highest BCUT2D eigenvalue weighted by Crippen LogP contribution is 2.30. The molecule has 4 N–H and O–H groups in total. The molecular weight excluding hydrogens is 270 g/mol. The topological polar surface area (TPSA) is 75.9 Å². The lowest BCUT2D eigenvalue weighted by Crippen LogP contribution is -2.18. The summed E-state index contributed by atoms with van der Waals surface area (Å²) in [6.45, 7) is 8.75. The fourth-order valence-corrected chi connectivity index (χ4v) is 2.98. The number of fused-ring (bicyclic) bond motifs is 1. The van der Waals surface area contributed by atoms with E-state index in [9.17, 15) is 0 Å². The number of hydrogen-bond acceptors (Lipinski definition) is 6. The summed E-state index contributed by atoms with van der Waals surface area (Å²) in [4.78, 5) is 11.0. The van der Waals surface area contributed by atoms with Crippen molar-refractivity contribution in [2.45, 2.75) is 46.6 Å². The summed E-state index contributed by atoms with van der Waals surface area (Å²) in [6.07, 6.45) is 2.32. The van der Waals surface area contributed by atoms with Crippen LogP contribution >= 0.6 is 11.3 Å². The summed E-state index contributed by atoms with van der Waals surface area (Å²) in [6, 6.07) is 2.50. The third-order valence-corrected chi connectivity index (χ3v) is 4.15. The van der Waals surface area contributed by atoms with Gasteiger partial charge in [0, 0.05) is 10.9 Å². The molecule has 6 heteroatoms. The van der Waals surface area contributed by atoms with Crippen molar-refractivity contribution in [3.05, 3.63) is 10.9 Å². The Labute approximate surface area is 124 Å². The quantitative estimate of drug-likeness (QED) is 0.561. The molecule has 20 heavy (non-hydrogen) atoms. The second-order valence-electron chi connectivity index (χ2n) is 5.63. The zero-order valence-electron chi connectivity index (χ0n) is 12.5. The van der Waals surface area contributed by atoms with E-state index in [0.717, 1.165) is 22.5 Å². The van der Waals surface area contributed by atoms with Gasteiger partial charge in [0.2, 0.25) is 5.95 Å². The summed E-state index contributed by atoms with van der Waals surface area (Å²) in [5.74, 6) is 7.49. The van der Waals surface area contributed by atoms with Crippen LogP contribution in [0.4, 0.5) is 11.8 Å². The molecule has 5 nitrogen and oxygen atoms in total. The average Bonchev–Trinajstić information content (AvgIpc) is 2.76. The molecule has 0 saturated heterocycles. The van der Waals surface area contributed by atoms with E-state index in [1.165, 1.54) is 11.3 Å². The van der Waals surface area contributed by atoms with E-state index < -0.39 is 0 Å². The standard InChI is InChI=1S/C14H23N5S/c1-8(2)5-6-9(3)16-12-11-7-10(4)20-13(11)18-14(17-12)19-15/h7-9H,5-6,15H2,1-4H3,(H2,16,17,18,19). The number of nitrogens with zero attached hydrogens (tertiary/aromatic N) is 2. The molecule has 1 unspecified atom stereocenters. The molecular formula is C14H23N5S. The van der Waals surface area contributed by atoms with Gasteiger partial charge in [0.25, 0.3) is 0 Å². The van der Waals surface area contributed by atoms with Gasteiger partial charge in [-0.1, -0.05) is 13.8 Å². The lowest BCUT2D eigenvalue weighted by atomic mass is 10.0. The fourth-order valence-electron chi connectivity index (χ4n) is 2.11. The number of nitrogens with one attached hydrogen (secondary N) is 2. The number of hydrazine groups is 1. The zero-order valence-corrected chi connectivity index (χ0v) is 13.3. The Balaban J connectivity index is 2.23. The van der Waals surface area contributed by atoms with Gasteiger partial charge in [0.1, 0.15) is 10.6 Å². The Hall–Kier alpha value is -1.40. The van der Waals surface area contributed by atoms with E-state index >= 15 is 0 Å². The second-order valence-corrected chi connectivity index (χ2v) is 6.87. The second kappa shape index (κ2) is 6.37. The van der Waals surface area contributed by atoms with Crippen LogP contribution in [0.2, 0.25) is 0 Å².